The maximum atomic E-state index is 8.49. The average Bonchev–Trinajstić information content (AvgIpc) is 1.30. The van der Waals surface area contributed by atoms with Crippen molar-refractivity contribution < 1.29 is 9.42 Å². The van der Waals surface area contributed by atoms with Gasteiger partial charge in [-0.3, -0.25) is 0 Å². The van der Waals surface area contributed by atoms with Crippen molar-refractivity contribution in [2.45, 2.75) is 0 Å². The molecular weight excluding hydrogens is 171 g/mol. The number of rotatable bonds is 2. The highest BCUT2D eigenvalue weighted by Crippen LogP contribution is 2.46. The maximum Gasteiger partial charge on any atom is 0.292 e. The fourth-order valence-electron chi connectivity index (χ4n) is 0.0561. The molecule has 0 aliphatic rings. The second-order valence-electron chi connectivity index (χ2n) is 0.692. The molecule has 0 radical (unpaired) electrons. The smallest absolute Gasteiger partial charge is 0.292 e. The van der Waals surface area contributed by atoms with E-state index >= 15 is 0 Å². The molecule has 0 aromatic carbocycles. The lowest BCUT2D eigenvalue weighted by Crippen LogP contribution is -1.72. The van der Waals surface area contributed by atoms with Gasteiger partial charge in [0.2, 0.25) is 0 Å². The molecule has 0 bridgehead atoms. The maximum absolute atomic E-state index is 8.49. The number of thiocarbonyl (C=S) groups is 1. The van der Waals surface area contributed by atoms with Crippen molar-refractivity contribution in [3.63, 3.8) is 0 Å². The Kier molecular flexibility index (Phi) is 3.36. The first-order chi connectivity index (χ1) is 3.06. The van der Waals surface area contributed by atoms with Gasteiger partial charge in [0.1, 0.15) is 0 Å². The summed E-state index contributed by atoms with van der Waals surface area (Å²) in [4.78, 5) is 8.49. The van der Waals surface area contributed by atoms with E-state index in [4.69, 9.17) is 4.89 Å². The van der Waals surface area contributed by atoms with Crippen molar-refractivity contribution in [3.05, 3.63) is 0 Å². The summed E-state index contributed by atoms with van der Waals surface area (Å²) < 4.78 is 4.26. The van der Waals surface area contributed by atoms with Crippen molar-refractivity contribution in [2.75, 3.05) is 0 Å². The molecular formula is CH3O2PS3. The third-order valence-corrected chi connectivity index (χ3v) is 1.34. The summed E-state index contributed by atoms with van der Waals surface area (Å²) >= 11 is 12.0. The Morgan fingerprint density at radius 3 is 2.29 bits per heavy atom. The Hall–Kier alpha value is 0.850. The van der Waals surface area contributed by atoms with E-state index in [9.17, 15) is 0 Å². The Morgan fingerprint density at radius 1 is 1.86 bits per heavy atom. The molecule has 2 nitrogen and oxygen atoms in total. The number of thiol groups is 1. The Morgan fingerprint density at radius 2 is 2.29 bits per heavy atom. The normalized spacial score (nSPS) is 17.4. The summed E-state index contributed by atoms with van der Waals surface area (Å²) in [5.74, 6) is 0. The van der Waals surface area contributed by atoms with Gasteiger partial charge in [-0.05, 0) is 24.0 Å². The van der Waals surface area contributed by atoms with Crippen molar-refractivity contribution in [3.8, 4) is 0 Å². The minimum Gasteiger partial charge on any atom is -0.433 e. The summed E-state index contributed by atoms with van der Waals surface area (Å²) in [6, 6.07) is 0. The Balaban J connectivity index is 3.57. The topological polar surface area (TPSA) is 29.5 Å². The van der Waals surface area contributed by atoms with Crippen molar-refractivity contribution in [1.29, 1.82) is 0 Å². The summed E-state index contributed by atoms with van der Waals surface area (Å²) in [7, 11) is 0. The number of hydrogen-bond acceptors (Lipinski definition) is 3. The molecule has 0 rings (SSSR count). The van der Waals surface area contributed by atoms with E-state index in [0.29, 0.717) is 0 Å². The predicted molar refractivity (Wildman–Crippen MR) is 40.2 cm³/mol. The lowest BCUT2D eigenvalue weighted by molar-refractivity contribution is 0.518. The molecule has 0 saturated carbocycles. The molecule has 0 aliphatic heterocycles. The molecule has 0 heterocycles. The van der Waals surface area contributed by atoms with Gasteiger partial charge >= 0.3 is 0 Å². The van der Waals surface area contributed by atoms with Crippen LogP contribution in [0.1, 0.15) is 0 Å². The highest BCUT2D eigenvalue weighted by Gasteiger charge is 2.00. The zero-order valence-electron chi connectivity index (χ0n) is 3.14. The molecule has 0 fully saturated rings. The van der Waals surface area contributed by atoms with Crippen LogP contribution >= 0.6 is 30.2 Å². The molecule has 7 heavy (non-hydrogen) atoms. The van der Waals surface area contributed by atoms with Crippen LogP contribution in [0.4, 0.5) is 0 Å². The van der Waals surface area contributed by atoms with E-state index in [1.165, 1.54) is 0 Å². The quantitative estimate of drug-likeness (QED) is 0.373. The van der Waals surface area contributed by atoms with Gasteiger partial charge in [-0.2, -0.15) is 0 Å². The second kappa shape index (κ2) is 2.99. The van der Waals surface area contributed by atoms with Gasteiger partial charge in [0.05, 0.1) is 0 Å². The summed E-state index contributed by atoms with van der Waals surface area (Å²) in [5.41, 5.74) is -1.89. The van der Waals surface area contributed by atoms with E-state index in [2.05, 4.69) is 40.8 Å². The lowest BCUT2D eigenvalue weighted by Gasteiger charge is -2.01. The molecule has 42 valence electrons. The molecule has 0 aliphatic carbocycles. The van der Waals surface area contributed by atoms with Gasteiger partial charge in [-0.15, -0.1) is 0 Å². The Labute approximate surface area is 57.2 Å². The van der Waals surface area contributed by atoms with Crippen molar-refractivity contribution in [1.82, 2.24) is 0 Å². The van der Waals surface area contributed by atoms with Crippen LogP contribution in [0, 0.1) is 0 Å². The molecule has 0 saturated heterocycles. The molecule has 0 aromatic heterocycles. The number of hydrogen-bond donors (Lipinski definition) is 2. The minimum absolute atomic E-state index is 0.910. The molecule has 1 atom stereocenters. The molecule has 0 amide bonds. The van der Waals surface area contributed by atoms with Crippen LogP contribution in [0.3, 0.4) is 0 Å². The first-order valence-electron chi connectivity index (χ1n) is 1.24. The second-order valence-corrected chi connectivity index (χ2v) is 6.00. The standard InChI is InChI=1S/CH3O2PS3/c2-4(6,7)3-1-5/h1H,(H2,2,6,7). The average molecular weight is 174 g/mol. The highest BCUT2D eigenvalue weighted by molar-refractivity contribution is 8.59. The predicted octanol–water partition coefficient (Wildman–Crippen LogP) is 1.11. The first-order valence-corrected chi connectivity index (χ1v) is 5.53. The third kappa shape index (κ3) is 6.85. The van der Waals surface area contributed by atoms with Crippen LogP contribution in [0.25, 0.3) is 0 Å². The van der Waals surface area contributed by atoms with Gasteiger partial charge < -0.3 is 9.42 Å². The third-order valence-electron chi connectivity index (χ3n) is 0.180. The van der Waals surface area contributed by atoms with Crippen LogP contribution < -0.4 is 0 Å². The van der Waals surface area contributed by atoms with Gasteiger partial charge in [0.25, 0.3) is 5.69 Å². The summed E-state index contributed by atoms with van der Waals surface area (Å²) in [6.45, 7) is 0. The van der Waals surface area contributed by atoms with E-state index in [0.717, 1.165) is 5.55 Å². The first kappa shape index (κ1) is 7.85. The van der Waals surface area contributed by atoms with Crippen LogP contribution in [0.5, 0.6) is 0 Å². The summed E-state index contributed by atoms with van der Waals surface area (Å²) in [5, 5.41) is 0. The zero-order valence-corrected chi connectivity index (χ0v) is 6.57. The van der Waals surface area contributed by atoms with E-state index in [1.54, 1.807) is 0 Å². The van der Waals surface area contributed by atoms with Crippen LogP contribution in [-0.2, 0) is 16.3 Å². The highest BCUT2D eigenvalue weighted by atomic mass is 32.9. The molecule has 0 spiro atoms. The van der Waals surface area contributed by atoms with E-state index in [-0.39, 0.29) is 0 Å². The fraction of sp³-hybridized carbons (Fsp3) is 0. The van der Waals surface area contributed by atoms with Crippen molar-refractivity contribution in [2.24, 2.45) is 0 Å². The molecule has 1 N–H and O–H groups in total. The SMILES string of the molecule is OP(=S)(S)OC=S. The monoisotopic (exact) mass is 174 g/mol. The molecule has 1 unspecified atom stereocenters. The fourth-order valence-corrected chi connectivity index (χ4v) is 1.17. The zero-order chi connectivity index (χ0) is 5.91. The Bertz CT molecular complexity index is 106. The summed E-state index contributed by atoms with van der Waals surface area (Å²) in [6.07, 6.45) is 0. The van der Waals surface area contributed by atoms with Gasteiger partial charge in [0, 0.05) is 0 Å². The van der Waals surface area contributed by atoms with E-state index < -0.39 is 5.69 Å². The van der Waals surface area contributed by atoms with E-state index in [1.807, 2.05) is 0 Å². The molecule has 6 heteroatoms. The van der Waals surface area contributed by atoms with Crippen molar-refractivity contribution >= 4 is 47.5 Å². The van der Waals surface area contributed by atoms with Crippen LogP contribution in [-0.4, -0.2) is 10.4 Å². The largest absolute Gasteiger partial charge is 0.433 e. The van der Waals surface area contributed by atoms with Gasteiger partial charge in [0.15, 0.2) is 5.55 Å². The van der Waals surface area contributed by atoms with Crippen LogP contribution in [0.15, 0.2) is 0 Å². The lowest BCUT2D eigenvalue weighted by atomic mass is 11.7. The minimum atomic E-state index is -2.80. The van der Waals surface area contributed by atoms with Gasteiger partial charge in [-0.1, -0.05) is 12.2 Å². The van der Waals surface area contributed by atoms with Crippen LogP contribution in [0.2, 0.25) is 0 Å². The molecule has 0 aromatic rings. The van der Waals surface area contributed by atoms with Gasteiger partial charge in [-0.25, -0.2) is 0 Å².